The highest BCUT2D eigenvalue weighted by Crippen LogP contribution is 2.25. The van der Waals surface area contributed by atoms with E-state index < -0.39 is 12.1 Å². The molecule has 0 aromatic carbocycles. The second-order valence-corrected chi connectivity index (χ2v) is 6.16. The average molecular weight is 284 g/mol. The number of aliphatic hydroxyl groups is 1. The number of aliphatic carboxylic acids is 1. The first kappa shape index (κ1) is 15.1. The van der Waals surface area contributed by atoms with Crippen molar-refractivity contribution in [3.63, 3.8) is 0 Å². The van der Waals surface area contributed by atoms with E-state index >= 15 is 0 Å². The number of β-amino-alcohol motifs (C(OH)–C–C–N with tert-alkyl or cyclic N) is 1. The Kier molecular flexibility index (Phi) is 4.52. The number of nitrogens with zero attached hydrogens (tertiary/aromatic N) is 2. The minimum atomic E-state index is -0.772. The number of carbonyl (C=O) groups is 2. The molecule has 2 amide bonds. The van der Waals surface area contributed by atoms with Crippen molar-refractivity contribution in [3.05, 3.63) is 0 Å². The van der Waals surface area contributed by atoms with Gasteiger partial charge in [-0.05, 0) is 32.1 Å². The van der Waals surface area contributed by atoms with Crippen LogP contribution >= 0.6 is 0 Å². The Morgan fingerprint density at radius 1 is 1.15 bits per heavy atom. The number of piperidine rings is 2. The van der Waals surface area contributed by atoms with Crippen molar-refractivity contribution in [1.82, 2.24) is 9.80 Å². The summed E-state index contributed by atoms with van der Waals surface area (Å²) < 4.78 is 0. The summed E-state index contributed by atoms with van der Waals surface area (Å²) in [5, 5.41) is 18.9. The van der Waals surface area contributed by atoms with E-state index in [-0.39, 0.29) is 23.9 Å². The van der Waals surface area contributed by atoms with Crippen LogP contribution in [-0.4, -0.2) is 63.8 Å². The number of carboxylic acids is 1. The number of carbonyl (C=O) groups excluding carboxylic acids is 1. The molecule has 2 fully saturated rings. The Morgan fingerprint density at radius 3 is 2.40 bits per heavy atom. The highest BCUT2D eigenvalue weighted by Gasteiger charge is 2.36. The molecule has 0 aliphatic carbocycles. The Bertz CT molecular complexity index is 387. The van der Waals surface area contributed by atoms with Crippen LogP contribution in [0.2, 0.25) is 0 Å². The number of urea groups is 1. The van der Waals surface area contributed by atoms with Gasteiger partial charge in [-0.3, -0.25) is 4.79 Å². The smallest absolute Gasteiger partial charge is 0.320 e. The third kappa shape index (κ3) is 3.06. The maximum atomic E-state index is 12.5. The quantitative estimate of drug-likeness (QED) is 0.752. The summed E-state index contributed by atoms with van der Waals surface area (Å²) in [5.41, 5.74) is 0. The largest absolute Gasteiger partial charge is 0.481 e. The summed E-state index contributed by atoms with van der Waals surface area (Å²) in [6.45, 7) is 5.43. The van der Waals surface area contributed by atoms with Gasteiger partial charge in [0.05, 0.1) is 12.0 Å². The molecule has 20 heavy (non-hydrogen) atoms. The van der Waals surface area contributed by atoms with E-state index in [4.69, 9.17) is 5.11 Å². The standard InChI is InChI=1S/C14H24N2O4/c1-9-3-5-15(8-12(9)17)14(20)16-6-4-11(13(18)19)7-10(16)2/h9-12,17H,3-8H2,1-2H3,(H,18,19). The van der Waals surface area contributed by atoms with Crippen molar-refractivity contribution in [3.8, 4) is 0 Å². The average Bonchev–Trinajstić information content (AvgIpc) is 2.41. The van der Waals surface area contributed by atoms with Gasteiger partial charge >= 0.3 is 12.0 Å². The van der Waals surface area contributed by atoms with E-state index in [1.165, 1.54) is 0 Å². The lowest BCUT2D eigenvalue weighted by atomic mass is 9.91. The van der Waals surface area contributed by atoms with Crippen LogP contribution in [0.4, 0.5) is 4.79 Å². The fraction of sp³-hybridized carbons (Fsp3) is 0.857. The highest BCUT2D eigenvalue weighted by atomic mass is 16.4. The molecule has 4 unspecified atom stereocenters. The maximum Gasteiger partial charge on any atom is 0.320 e. The number of rotatable bonds is 1. The maximum absolute atomic E-state index is 12.5. The molecule has 6 heteroatoms. The third-order valence-electron chi connectivity index (χ3n) is 4.66. The number of amides is 2. The molecule has 0 bridgehead atoms. The van der Waals surface area contributed by atoms with Crippen LogP contribution in [0.15, 0.2) is 0 Å². The Labute approximate surface area is 119 Å². The molecule has 114 valence electrons. The summed E-state index contributed by atoms with van der Waals surface area (Å²) >= 11 is 0. The van der Waals surface area contributed by atoms with Gasteiger partial charge in [-0.1, -0.05) is 6.92 Å². The van der Waals surface area contributed by atoms with E-state index in [0.717, 1.165) is 6.42 Å². The molecule has 2 saturated heterocycles. The van der Waals surface area contributed by atoms with Crippen LogP contribution in [0.5, 0.6) is 0 Å². The lowest BCUT2D eigenvalue weighted by Gasteiger charge is -2.42. The molecular weight excluding hydrogens is 260 g/mol. The topological polar surface area (TPSA) is 81.1 Å². The number of hydrogen-bond donors (Lipinski definition) is 2. The molecule has 0 spiro atoms. The summed E-state index contributed by atoms with van der Waals surface area (Å²) in [4.78, 5) is 26.9. The normalized spacial score (nSPS) is 35.0. The predicted octanol–water partition coefficient (Wildman–Crippen LogP) is 0.994. The minimum Gasteiger partial charge on any atom is -0.481 e. The first-order chi connectivity index (χ1) is 9.40. The summed E-state index contributed by atoms with van der Waals surface area (Å²) in [6, 6.07) is -0.124. The molecule has 6 nitrogen and oxygen atoms in total. The van der Waals surface area contributed by atoms with Gasteiger partial charge in [0.25, 0.3) is 0 Å². The molecule has 0 radical (unpaired) electrons. The first-order valence-corrected chi connectivity index (χ1v) is 7.36. The van der Waals surface area contributed by atoms with Gasteiger partial charge in [0, 0.05) is 25.7 Å². The second kappa shape index (κ2) is 5.99. The first-order valence-electron chi connectivity index (χ1n) is 7.36. The van der Waals surface area contributed by atoms with Gasteiger partial charge in [0.1, 0.15) is 0 Å². The minimum absolute atomic E-state index is 0.0613. The van der Waals surface area contributed by atoms with Crippen molar-refractivity contribution < 1.29 is 19.8 Å². The van der Waals surface area contributed by atoms with Gasteiger partial charge in [-0.2, -0.15) is 0 Å². The van der Waals surface area contributed by atoms with Crippen molar-refractivity contribution in [2.24, 2.45) is 11.8 Å². The number of hydrogen-bond acceptors (Lipinski definition) is 3. The SMILES string of the molecule is CC1CCN(C(=O)N2CCC(C(=O)O)CC2C)CC1O. The number of aliphatic hydroxyl groups excluding tert-OH is 1. The molecule has 2 N–H and O–H groups in total. The Hall–Kier alpha value is -1.30. The van der Waals surface area contributed by atoms with E-state index in [1.54, 1.807) is 9.80 Å². The van der Waals surface area contributed by atoms with Crippen molar-refractivity contribution >= 4 is 12.0 Å². The van der Waals surface area contributed by atoms with Crippen LogP contribution < -0.4 is 0 Å². The van der Waals surface area contributed by atoms with E-state index in [1.807, 2.05) is 13.8 Å². The summed E-state index contributed by atoms with van der Waals surface area (Å²) in [6.07, 6.45) is 1.37. The van der Waals surface area contributed by atoms with E-state index in [9.17, 15) is 14.7 Å². The van der Waals surface area contributed by atoms with Crippen LogP contribution in [0.1, 0.15) is 33.1 Å². The van der Waals surface area contributed by atoms with Gasteiger partial charge in [-0.25, -0.2) is 4.79 Å². The van der Waals surface area contributed by atoms with Crippen molar-refractivity contribution in [2.45, 2.75) is 45.3 Å². The number of carboxylic acid groups (broad SMARTS) is 1. The molecular formula is C14H24N2O4. The molecule has 0 aromatic heterocycles. The van der Waals surface area contributed by atoms with E-state index in [0.29, 0.717) is 32.5 Å². The van der Waals surface area contributed by atoms with Crippen LogP contribution in [-0.2, 0) is 4.79 Å². The van der Waals surface area contributed by atoms with Gasteiger partial charge in [0.15, 0.2) is 0 Å². The summed E-state index contributed by atoms with van der Waals surface area (Å²) in [5.74, 6) is -0.888. The Morgan fingerprint density at radius 2 is 1.85 bits per heavy atom. The van der Waals surface area contributed by atoms with Crippen molar-refractivity contribution in [2.75, 3.05) is 19.6 Å². The highest BCUT2D eigenvalue weighted by molar-refractivity contribution is 5.76. The van der Waals surface area contributed by atoms with Gasteiger partial charge in [-0.15, -0.1) is 0 Å². The van der Waals surface area contributed by atoms with E-state index in [2.05, 4.69) is 0 Å². The lowest BCUT2D eigenvalue weighted by molar-refractivity contribution is -0.143. The second-order valence-electron chi connectivity index (χ2n) is 6.16. The zero-order chi connectivity index (χ0) is 14.9. The number of likely N-dealkylation sites (tertiary alicyclic amines) is 2. The molecule has 0 aromatic rings. The molecule has 2 heterocycles. The molecule has 4 atom stereocenters. The van der Waals surface area contributed by atoms with Gasteiger partial charge < -0.3 is 20.0 Å². The fourth-order valence-electron chi connectivity index (χ4n) is 3.08. The monoisotopic (exact) mass is 284 g/mol. The molecule has 2 aliphatic rings. The summed E-state index contributed by atoms with van der Waals surface area (Å²) in [7, 11) is 0. The fourth-order valence-corrected chi connectivity index (χ4v) is 3.08. The third-order valence-corrected chi connectivity index (χ3v) is 4.66. The molecule has 2 rings (SSSR count). The predicted molar refractivity (Wildman–Crippen MR) is 73.3 cm³/mol. The van der Waals surface area contributed by atoms with Gasteiger partial charge in [0.2, 0.25) is 0 Å². The molecule has 0 saturated carbocycles. The lowest BCUT2D eigenvalue weighted by Crippen LogP contribution is -2.55. The molecule has 2 aliphatic heterocycles. The van der Waals surface area contributed by atoms with Crippen LogP contribution in [0, 0.1) is 11.8 Å². The van der Waals surface area contributed by atoms with Crippen LogP contribution in [0.25, 0.3) is 0 Å². The van der Waals surface area contributed by atoms with Crippen molar-refractivity contribution in [1.29, 1.82) is 0 Å². The Balaban J connectivity index is 1.95. The zero-order valence-electron chi connectivity index (χ0n) is 12.2. The van der Waals surface area contributed by atoms with Crippen LogP contribution in [0.3, 0.4) is 0 Å². The zero-order valence-corrected chi connectivity index (χ0v) is 12.2.